The van der Waals surface area contributed by atoms with Crippen LogP contribution in [0.1, 0.15) is 38.7 Å². The Bertz CT molecular complexity index is 392. The molecule has 3 unspecified atom stereocenters. The largest absolute Gasteiger partial charge is 0.366 e. The van der Waals surface area contributed by atoms with E-state index in [1.807, 2.05) is 12.3 Å². The molecule has 2 rings (SSSR count). The van der Waals surface area contributed by atoms with E-state index in [1.54, 1.807) is 0 Å². The average Bonchev–Trinajstić information content (AvgIpc) is 2.66. The van der Waals surface area contributed by atoms with Crippen molar-refractivity contribution in [3.05, 3.63) is 22.3 Å². The van der Waals surface area contributed by atoms with E-state index in [0.29, 0.717) is 6.04 Å². The molecule has 0 radical (unpaired) electrons. The van der Waals surface area contributed by atoms with Crippen LogP contribution in [0, 0.1) is 18.8 Å². The van der Waals surface area contributed by atoms with Gasteiger partial charge in [-0.05, 0) is 59.2 Å². The Labute approximate surface area is 112 Å². The fourth-order valence-electron chi connectivity index (χ4n) is 2.84. The first-order chi connectivity index (χ1) is 8.13. The summed E-state index contributed by atoms with van der Waals surface area (Å²) in [6.45, 7) is 6.76. The van der Waals surface area contributed by atoms with Crippen LogP contribution in [0.15, 0.2) is 16.7 Å². The van der Waals surface area contributed by atoms with Gasteiger partial charge in [0.2, 0.25) is 0 Å². The minimum Gasteiger partial charge on any atom is -0.366 e. The van der Waals surface area contributed by atoms with Gasteiger partial charge in [-0.25, -0.2) is 4.98 Å². The van der Waals surface area contributed by atoms with Crippen LogP contribution < -0.4 is 5.32 Å². The molecule has 0 bridgehead atoms. The maximum atomic E-state index is 4.43. The second-order valence-corrected chi connectivity index (χ2v) is 5.94. The number of nitrogens with zero attached hydrogens (tertiary/aromatic N) is 1. The molecular formula is C14H21BrN2. The van der Waals surface area contributed by atoms with E-state index in [2.05, 4.69) is 47.0 Å². The summed E-state index contributed by atoms with van der Waals surface area (Å²) in [6.07, 6.45) is 5.78. The summed E-state index contributed by atoms with van der Waals surface area (Å²) in [7, 11) is 0. The molecule has 2 nitrogen and oxygen atoms in total. The van der Waals surface area contributed by atoms with Crippen molar-refractivity contribution in [3.63, 3.8) is 0 Å². The highest BCUT2D eigenvalue weighted by Gasteiger charge is 2.31. The van der Waals surface area contributed by atoms with Gasteiger partial charge < -0.3 is 5.32 Å². The smallest absolute Gasteiger partial charge is 0.140 e. The van der Waals surface area contributed by atoms with Crippen molar-refractivity contribution in [1.82, 2.24) is 4.98 Å². The molecule has 1 N–H and O–H groups in total. The zero-order valence-electron chi connectivity index (χ0n) is 10.8. The summed E-state index contributed by atoms with van der Waals surface area (Å²) in [5, 5.41) is 3.61. The van der Waals surface area contributed by atoms with Gasteiger partial charge in [-0.2, -0.15) is 0 Å². The molecule has 0 aliphatic heterocycles. The molecule has 1 saturated carbocycles. The van der Waals surface area contributed by atoms with Crippen LogP contribution in [0.2, 0.25) is 0 Å². The standard InChI is InChI=1S/C14H21BrN2/c1-4-11-5-6-12(10(11)3)17-14-13(15)9(2)7-8-16-14/h7-8,10-12H,4-6H2,1-3H3,(H,16,17). The van der Waals surface area contributed by atoms with Crippen molar-refractivity contribution in [1.29, 1.82) is 0 Å². The predicted octanol–water partition coefficient (Wildman–Crippen LogP) is 4.39. The number of nitrogens with one attached hydrogen (secondary N) is 1. The quantitative estimate of drug-likeness (QED) is 0.895. The molecule has 1 aliphatic rings. The van der Waals surface area contributed by atoms with Gasteiger partial charge in [-0.1, -0.05) is 20.3 Å². The van der Waals surface area contributed by atoms with Gasteiger partial charge in [0.1, 0.15) is 5.82 Å². The molecule has 1 aromatic rings. The number of anilines is 1. The number of aryl methyl sites for hydroxylation is 1. The monoisotopic (exact) mass is 296 g/mol. The molecule has 0 amide bonds. The van der Waals surface area contributed by atoms with Crippen LogP contribution >= 0.6 is 15.9 Å². The van der Waals surface area contributed by atoms with Gasteiger partial charge in [0.15, 0.2) is 0 Å². The van der Waals surface area contributed by atoms with Crippen LogP contribution in [0.3, 0.4) is 0 Å². The average molecular weight is 297 g/mol. The third-order valence-electron chi connectivity index (χ3n) is 4.16. The van der Waals surface area contributed by atoms with E-state index < -0.39 is 0 Å². The number of rotatable bonds is 3. The first-order valence-corrected chi connectivity index (χ1v) is 7.30. The summed E-state index contributed by atoms with van der Waals surface area (Å²) in [4.78, 5) is 4.43. The van der Waals surface area contributed by atoms with Crippen LogP contribution in [0.25, 0.3) is 0 Å². The van der Waals surface area contributed by atoms with Crippen molar-refractivity contribution in [2.75, 3.05) is 5.32 Å². The molecule has 1 fully saturated rings. The molecule has 17 heavy (non-hydrogen) atoms. The molecule has 0 spiro atoms. The fraction of sp³-hybridized carbons (Fsp3) is 0.643. The van der Waals surface area contributed by atoms with Crippen LogP contribution in [-0.4, -0.2) is 11.0 Å². The lowest BCUT2D eigenvalue weighted by Gasteiger charge is -2.22. The van der Waals surface area contributed by atoms with E-state index in [-0.39, 0.29) is 0 Å². The molecule has 94 valence electrons. The van der Waals surface area contributed by atoms with E-state index >= 15 is 0 Å². The Kier molecular flexibility index (Phi) is 4.08. The molecular weight excluding hydrogens is 276 g/mol. The summed E-state index contributed by atoms with van der Waals surface area (Å²) in [5.74, 6) is 2.61. The third-order valence-corrected chi connectivity index (χ3v) is 5.16. The topological polar surface area (TPSA) is 24.9 Å². The van der Waals surface area contributed by atoms with Gasteiger partial charge in [0, 0.05) is 12.2 Å². The summed E-state index contributed by atoms with van der Waals surface area (Å²) in [5.41, 5.74) is 1.24. The molecule has 1 aliphatic carbocycles. The van der Waals surface area contributed by atoms with Gasteiger partial charge >= 0.3 is 0 Å². The molecule has 1 heterocycles. The van der Waals surface area contributed by atoms with Crippen LogP contribution in [-0.2, 0) is 0 Å². The number of hydrogen-bond acceptors (Lipinski definition) is 2. The summed E-state index contributed by atoms with van der Waals surface area (Å²) in [6, 6.07) is 2.60. The third kappa shape index (κ3) is 2.65. The van der Waals surface area contributed by atoms with Gasteiger partial charge in [-0.15, -0.1) is 0 Å². The van der Waals surface area contributed by atoms with Crippen LogP contribution in [0.5, 0.6) is 0 Å². The maximum absolute atomic E-state index is 4.43. The number of pyridine rings is 1. The SMILES string of the molecule is CCC1CCC(Nc2nccc(C)c2Br)C1C. The molecule has 0 saturated heterocycles. The zero-order valence-corrected chi connectivity index (χ0v) is 12.4. The Morgan fingerprint density at radius 2 is 2.24 bits per heavy atom. The first kappa shape index (κ1) is 12.9. The maximum Gasteiger partial charge on any atom is 0.140 e. The van der Waals surface area contributed by atoms with Gasteiger partial charge in [0.25, 0.3) is 0 Å². The Hall–Kier alpha value is -0.570. The molecule has 0 aromatic carbocycles. The molecule has 3 heteroatoms. The normalized spacial score (nSPS) is 28.4. The fourth-order valence-corrected chi connectivity index (χ4v) is 3.19. The second-order valence-electron chi connectivity index (χ2n) is 5.15. The minimum absolute atomic E-state index is 0.575. The highest BCUT2D eigenvalue weighted by molar-refractivity contribution is 9.10. The lowest BCUT2D eigenvalue weighted by molar-refractivity contribution is 0.391. The highest BCUT2D eigenvalue weighted by Crippen LogP contribution is 2.36. The van der Waals surface area contributed by atoms with Gasteiger partial charge in [0.05, 0.1) is 4.47 Å². The minimum atomic E-state index is 0.575. The zero-order chi connectivity index (χ0) is 12.4. The molecule has 1 aromatic heterocycles. The van der Waals surface area contributed by atoms with E-state index in [0.717, 1.165) is 22.1 Å². The van der Waals surface area contributed by atoms with Crippen LogP contribution in [0.4, 0.5) is 5.82 Å². The number of halogens is 1. The van der Waals surface area contributed by atoms with Crippen molar-refractivity contribution >= 4 is 21.7 Å². The Balaban J connectivity index is 2.09. The summed E-state index contributed by atoms with van der Waals surface area (Å²) >= 11 is 3.61. The highest BCUT2D eigenvalue weighted by atomic mass is 79.9. The predicted molar refractivity (Wildman–Crippen MR) is 76.3 cm³/mol. The van der Waals surface area contributed by atoms with Crippen molar-refractivity contribution in [2.24, 2.45) is 11.8 Å². The van der Waals surface area contributed by atoms with E-state index in [1.165, 1.54) is 24.8 Å². The Morgan fingerprint density at radius 3 is 2.88 bits per heavy atom. The van der Waals surface area contributed by atoms with E-state index in [4.69, 9.17) is 0 Å². The molecule has 3 atom stereocenters. The second kappa shape index (κ2) is 5.38. The van der Waals surface area contributed by atoms with E-state index in [9.17, 15) is 0 Å². The number of hydrogen-bond donors (Lipinski definition) is 1. The first-order valence-electron chi connectivity index (χ1n) is 6.51. The number of aromatic nitrogens is 1. The van der Waals surface area contributed by atoms with Crippen molar-refractivity contribution in [2.45, 2.75) is 46.1 Å². The van der Waals surface area contributed by atoms with Gasteiger partial charge in [-0.3, -0.25) is 0 Å². The lowest BCUT2D eigenvalue weighted by atomic mass is 9.93. The van der Waals surface area contributed by atoms with Crippen molar-refractivity contribution in [3.8, 4) is 0 Å². The lowest BCUT2D eigenvalue weighted by Crippen LogP contribution is -2.25. The van der Waals surface area contributed by atoms with Crippen molar-refractivity contribution < 1.29 is 0 Å². The summed E-state index contributed by atoms with van der Waals surface area (Å²) < 4.78 is 1.10. The Morgan fingerprint density at radius 1 is 1.47 bits per heavy atom.